The number of hydrogen-bond donors (Lipinski definition) is 0. The zero-order valence-corrected chi connectivity index (χ0v) is 26.2. The fourth-order valence-electron chi connectivity index (χ4n) is 5.93. The predicted octanol–water partition coefficient (Wildman–Crippen LogP) is 8.74. The average Bonchev–Trinajstić information content (AvgIpc) is 3.57. The van der Waals surface area contributed by atoms with E-state index in [0.717, 1.165) is 55.2 Å². The van der Waals surface area contributed by atoms with Gasteiger partial charge in [-0.1, -0.05) is 109 Å². The van der Waals surface area contributed by atoms with Crippen LogP contribution in [0.25, 0.3) is 67.2 Å². The number of furan rings is 1. The van der Waals surface area contributed by atoms with E-state index in [4.69, 9.17) is 28.7 Å². The van der Waals surface area contributed by atoms with E-state index in [0.29, 0.717) is 17.5 Å². The average molecular weight is 602 g/mol. The van der Waals surface area contributed by atoms with Gasteiger partial charge < -0.3 is 13.7 Å². The van der Waals surface area contributed by atoms with E-state index in [1.54, 1.807) is 0 Å². The van der Waals surface area contributed by atoms with E-state index in [2.05, 4.69) is 70.2 Å². The monoisotopic (exact) mass is 601 g/mol. The van der Waals surface area contributed by atoms with Crippen LogP contribution in [0.4, 0.5) is 0 Å². The highest BCUT2D eigenvalue weighted by molar-refractivity contribution is 6.62. The fourth-order valence-corrected chi connectivity index (χ4v) is 5.93. The Morgan fingerprint density at radius 3 is 1.67 bits per heavy atom. The van der Waals surface area contributed by atoms with E-state index in [1.165, 1.54) is 0 Å². The molecular formula is C39H32BN3O3. The first-order chi connectivity index (χ1) is 22.3. The Morgan fingerprint density at radius 1 is 0.500 bits per heavy atom. The lowest BCUT2D eigenvalue weighted by Crippen LogP contribution is -2.41. The highest BCUT2D eigenvalue weighted by Crippen LogP contribution is 2.39. The first-order valence-electron chi connectivity index (χ1n) is 15.5. The minimum absolute atomic E-state index is 0.416. The van der Waals surface area contributed by atoms with Crippen molar-refractivity contribution in [2.45, 2.75) is 38.9 Å². The van der Waals surface area contributed by atoms with Gasteiger partial charge >= 0.3 is 7.12 Å². The molecule has 5 aromatic carbocycles. The molecule has 224 valence electrons. The Hall–Kier alpha value is -5.11. The Kier molecular flexibility index (Phi) is 6.64. The SMILES string of the molecule is CC1(C)OB(c2ccc3c(c2)oc2c(-c4cccc(-c5nc(-c6ccccc6)nc(-c6ccccc6)n5)c4)cccc23)OC1(C)C. The Morgan fingerprint density at radius 2 is 1.04 bits per heavy atom. The second-order valence-electron chi connectivity index (χ2n) is 12.7. The molecule has 0 unspecified atom stereocenters. The molecule has 3 heterocycles. The maximum Gasteiger partial charge on any atom is 0.494 e. The third kappa shape index (κ3) is 4.89. The van der Waals surface area contributed by atoms with Crippen LogP contribution in [-0.4, -0.2) is 33.3 Å². The van der Waals surface area contributed by atoms with Crippen LogP contribution in [0.15, 0.2) is 126 Å². The molecule has 0 saturated carbocycles. The Labute approximate surface area is 268 Å². The molecule has 1 aliphatic heterocycles. The normalized spacial score (nSPS) is 15.5. The van der Waals surface area contributed by atoms with E-state index in [-0.39, 0.29) is 0 Å². The topological polar surface area (TPSA) is 70.3 Å². The second kappa shape index (κ2) is 10.8. The summed E-state index contributed by atoms with van der Waals surface area (Å²) in [5.74, 6) is 1.87. The summed E-state index contributed by atoms with van der Waals surface area (Å²) in [5.41, 5.74) is 6.50. The molecule has 0 bridgehead atoms. The van der Waals surface area contributed by atoms with E-state index < -0.39 is 18.3 Å². The molecule has 0 radical (unpaired) electrons. The van der Waals surface area contributed by atoms with Crippen molar-refractivity contribution in [2.75, 3.05) is 0 Å². The number of para-hydroxylation sites is 1. The van der Waals surface area contributed by atoms with Gasteiger partial charge in [0.2, 0.25) is 0 Å². The largest absolute Gasteiger partial charge is 0.494 e. The van der Waals surface area contributed by atoms with Crippen molar-refractivity contribution in [3.05, 3.63) is 121 Å². The summed E-state index contributed by atoms with van der Waals surface area (Å²) < 4.78 is 19.2. The first kappa shape index (κ1) is 28.4. The van der Waals surface area contributed by atoms with Crippen molar-refractivity contribution in [3.63, 3.8) is 0 Å². The van der Waals surface area contributed by atoms with Crippen LogP contribution in [-0.2, 0) is 9.31 Å². The van der Waals surface area contributed by atoms with Crippen LogP contribution >= 0.6 is 0 Å². The molecule has 0 N–H and O–H groups in total. The van der Waals surface area contributed by atoms with Crippen LogP contribution in [0.1, 0.15) is 27.7 Å². The molecule has 6 nitrogen and oxygen atoms in total. The summed E-state index contributed by atoms with van der Waals surface area (Å²) in [7, 11) is -0.458. The molecular weight excluding hydrogens is 569 g/mol. The van der Waals surface area contributed by atoms with Gasteiger partial charge in [-0.05, 0) is 50.9 Å². The summed E-state index contributed by atoms with van der Waals surface area (Å²) in [6.45, 7) is 8.26. The number of hydrogen-bond acceptors (Lipinski definition) is 6. The minimum atomic E-state index is -0.458. The van der Waals surface area contributed by atoms with Crippen LogP contribution in [0, 0.1) is 0 Å². The van der Waals surface area contributed by atoms with Crippen LogP contribution in [0.3, 0.4) is 0 Å². The third-order valence-electron chi connectivity index (χ3n) is 9.18. The quantitative estimate of drug-likeness (QED) is 0.184. The molecule has 8 rings (SSSR count). The number of nitrogens with zero attached hydrogens (tertiary/aromatic N) is 3. The Balaban J connectivity index is 1.21. The van der Waals surface area contributed by atoms with Gasteiger partial charge in [0.15, 0.2) is 17.5 Å². The first-order valence-corrected chi connectivity index (χ1v) is 15.5. The molecule has 0 amide bonds. The summed E-state index contributed by atoms with van der Waals surface area (Å²) in [4.78, 5) is 14.7. The zero-order chi connectivity index (χ0) is 31.5. The molecule has 7 heteroatoms. The Bertz CT molecular complexity index is 2160. The lowest BCUT2D eigenvalue weighted by Gasteiger charge is -2.32. The summed E-state index contributed by atoms with van der Waals surface area (Å²) >= 11 is 0. The van der Waals surface area contributed by atoms with Gasteiger partial charge in [0.25, 0.3) is 0 Å². The van der Waals surface area contributed by atoms with Crippen molar-refractivity contribution in [2.24, 2.45) is 0 Å². The maximum absolute atomic E-state index is 6.59. The van der Waals surface area contributed by atoms with Crippen molar-refractivity contribution < 1.29 is 13.7 Å². The number of rotatable bonds is 5. The maximum atomic E-state index is 6.59. The molecule has 1 saturated heterocycles. The van der Waals surface area contributed by atoms with Gasteiger partial charge in [0.1, 0.15) is 11.2 Å². The number of aromatic nitrogens is 3. The van der Waals surface area contributed by atoms with Crippen LogP contribution in [0.2, 0.25) is 0 Å². The fraction of sp³-hybridized carbons (Fsp3) is 0.154. The molecule has 0 spiro atoms. The lowest BCUT2D eigenvalue weighted by atomic mass is 9.79. The standard InChI is InChI=1S/C39H32BN3O3/c1-38(2)39(3,4)46-40(45-38)29-21-22-31-32-20-12-19-30(34(32)44-33(31)24-29)27-17-11-18-28(23-27)37-42-35(25-13-7-5-8-14-25)41-36(43-37)26-15-9-6-10-16-26/h5-24H,1-4H3. The van der Waals surface area contributed by atoms with E-state index in [9.17, 15) is 0 Å². The molecule has 2 aromatic heterocycles. The van der Waals surface area contributed by atoms with E-state index in [1.807, 2.05) is 78.9 Å². The number of benzene rings is 5. The lowest BCUT2D eigenvalue weighted by molar-refractivity contribution is 0.00578. The van der Waals surface area contributed by atoms with Gasteiger partial charge in [-0.25, -0.2) is 15.0 Å². The molecule has 0 atom stereocenters. The van der Waals surface area contributed by atoms with Crippen molar-refractivity contribution in [1.29, 1.82) is 0 Å². The summed E-state index contributed by atoms with van der Waals surface area (Å²) in [6.07, 6.45) is 0. The zero-order valence-electron chi connectivity index (χ0n) is 26.2. The molecule has 1 aliphatic rings. The highest BCUT2D eigenvalue weighted by Gasteiger charge is 2.51. The van der Waals surface area contributed by atoms with Gasteiger partial charge in [-0.15, -0.1) is 0 Å². The highest BCUT2D eigenvalue weighted by atomic mass is 16.7. The van der Waals surface area contributed by atoms with Crippen molar-refractivity contribution in [1.82, 2.24) is 15.0 Å². The smallest absolute Gasteiger partial charge is 0.455 e. The second-order valence-corrected chi connectivity index (χ2v) is 12.7. The molecule has 46 heavy (non-hydrogen) atoms. The van der Waals surface area contributed by atoms with Gasteiger partial charge in [0, 0.05) is 33.0 Å². The number of fused-ring (bicyclic) bond motifs is 3. The third-order valence-corrected chi connectivity index (χ3v) is 9.18. The summed E-state index contributed by atoms with van der Waals surface area (Å²) in [5, 5.41) is 2.10. The van der Waals surface area contributed by atoms with Crippen LogP contribution in [0.5, 0.6) is 0 Å². The van der Waals surface area contributed by atoms with Gasteiger partial charge in [-0.2, -0.15) is 0 Å². The molecule has 1 fully saturated rings. The predicted molar refractivity (Wildman–Crippen MR) is 185 cm³/mol. The van der Waals surface area contributed by atoms with Crippen LogP contribution < -0.4 is 5.46 Å². The molecule has 0 aliphatic carbocycles. The summed E-state index contributed by atoms with van der Waals surface area (Å²) in [6, 6.07) is 40.8. The van der Waals surface area contributed by atoms with E-state index >= 15 is 0 Å². The molecule has 7 aromatic rings. The van der Waals surface area contributed by atoms with Crippen molar-refractivity contribution in [3.8, 4) is 45.3 Å². The van der Waals surface area contributed by atoms with Gasteiger partial charge in [0.05, 0.1) is 11.2 Å². The van der Waals surface area contributed by atoms with Gasteiger partial charge in [-0.3, -0.25) is 0 Å². The van der Waals surface area contributed by atoms with Crippen molar-refractivity contribution >= 4 is 34.5 Å². The minimum Gasteiger partial charge on any atom is -0.455 e.